The summed E-state index contributed by atoms with van der Waals surface area (Å²) in [6.07, 6.45) is 0. The monoisotopic (exact) mass is 792 g/mol. The van der Waals surface area contributed by atoms with Crippen LogP contribution in [0.15, 0.2) is 206 Å². The Labute approximate surface area is 359 Å². The summed E-state index contributed by atoms with van der Waals surface area (Å²) in [4.78, 5) is 10.7. The molecule has 4 heteroatoms. The van der Waals surface area contributed by atoms with Crippen LogP contribution in [-0.2, 0) is 0 Å². The van der Waals surface area contributed by atoms with E-state index in [1.165, 1.54) is 66.3 Å². The van der Waals surface area contributed by atoms with Gasteiger partial charge in [-0.3, -0.25) is 4.57 Å². The molecule has 0 atom stereocenters. The quantitative estimate of drug-likeness (QED) is 0.168. The lowest BCUT2D eigenvalue weighted by Crippen LogP contribution is -2.03. The number of hydrogen-bond donors (Lipinski definition) is 0. The number of benzene rings is 9. The molecule has 4 nitrogen and oxygen atoms in total. The number of aromatic nitrogens is 4. The summed E-state index contributed by atoms with van der Waals surface area (Å²) in [6, 6.07) is 74.1. The number of fused-ring (bicyclic) bond motifs is 7. The van der Waals surface area contributed by atoms with Gasteiger partial charge in [0.05, 0.1) is 33.3 Å². The number of nitrogens with zero attached hydrogens (tertiary/aromatic N) is 4. The molecule has 3 heterocycles. The van der Waals surface area contributed by atoms with E-state index in [1.807, 2.05) is 0 Å². The van der Waals surface area contributed by atoms with Crippen molar-refractivity contribution >= 4 is 54.5 Å². The Balaban J connectivity index is 0.967. The van der Waals surface area contributed by atoms with Gasteiger partial charge in [-0.1, -0.05) is 152 Å². The van der Waals surface area contributed by atoms with Crippen molar-refractivity contribution in [2.45, 2.75) is 13.8 Å². The van der Waals surface area contributed by atoms with Gasteiger partial charge in [0.15, 0.2) is 0 Å². The molecular formula is C58H40N4. The third-order valence-corrected chi connectivity index (χ3v) is 12.6. The Morgan fingerprint density at radius 2 is 0.774 bits per heavy atom. The molecule has 0 fully saturated rings. The van der Waals surface area contributed by atoms with Gasteiger partial charge in [-0.25, -0.2) is 9.97 Å². The van der Waals surface area contributed by atoms with Crippen LogP contribution in [0, 0.1) is 13.8 Å². The van der Waals surface area contributed by atoms with Gasteiger partial charge in [0.25, 0.3) is 0 Å². The molecule has 12 rings (SSSR count). The maximum absolute atomic E-state index is 5.41. The van der Waals surface area contributed by atoms with Gasteiger partial charge in [-0.15, -0.1) is 0 Å². The number of hydrogen-bond acceptors (Lipinski definition) is 2. The summed E-state index contributed by atoms with van der Waals surface area (Å²) in [5.74, 6) is 0.653. The van der Waals surface area contributed by atoms with Crippen LogP contribution in [0.2, 0.25) is 0 Å². The van der Waals surface area contributed by atoms with Crippen molar-refractivity contribution in [3.8, 4) is 56.3 Å². The fourth-order valence-electron chi connectivity index (χ4n) is 9.62. The van der Waals surface area contributed by atoms with E-state index in [1.54, 1.807) is 0 Å². The van der Waals surface area contributed by atoms with Crippen molar-refractivity contribution in [2.24, 2.45) is 0 Å². The molecular weight excluding hydrogens is 753 g/mol. The SMILES string of the molecule is Cc1cc(-c2ccc(-c3nc(-n4c5ccccc5c5cc(-c6ccc7c(c6)c6ccccc6n7-c6ccccc6)ccc54)nc4ccccc34)cc2)c(C)cc1-c1ccccc1. The lowest BCUT2D eigenvalue weighted by atomic mass is 9.91. The van der Waals surface area contributed by atoms with Gasteiger partial charge in [0, 0.05) is 38.2 Å². The van der Waals surface area contributed by atoms with Gasteiger partial charge in [0.1, 0.15) is 0 Å². The molecule has 0 N–H and O–H groups in total. The third kappa shape index (κ3) is 5.76. The Morgan fingerprint density at radius 3 is 1.40 bits per heavy atom. The fourth-order valence-corrected chi connectivity index (χ4v) is 9.62. The molecule has 62 heavy (non-hydrogen) atoms. The normalized spacial score (nSPS) is 11.7. The van der Waals surface area contributed by atoms with E-state index in [4.69, 9.17) is 9.97 Å². The van der Waals surface area contributed by atoms with Crippen LogP contribution in [0.1, 0.15) is 11.1 Å². The minimum Gasteiger partial charge on any atom is -0.309 e. The largest absolute Gasteiger partial charge is 0.309 e. The molecule has 0 aliphatic rings. The van der Waals surface area contributed by atoms with Crippen LogP contribution in [0.3, 0.4) is 0 Å². The molecule has 9 aromatic carbocycles. The van der Waals surface area contributed by atoms with E-state index in [0.29, 0.717) is 5.95 Å². The van der Waals surface area contributed by atoms with Gasteiger partial charge in [0.2, 0.25) is 5.95 Å². The van der Waals surface area contributed by atoms with Crippen LogP contribution >= 0.6 is 0 Å². The van der Waals surface area contributed by atoms with E-state index in [9.17, 15) is 0 Å². The molecule has 12 aromatic rings. The van der Waals surface area contributed by atoms with E-state index >= 15 is 0 Å². The molecule has 0 aliphatic carbocycles. The highest BCUT2D eigenvalue weighted by Gasteiger charge is 2.19. The molecule has 0 aliphatic heterocycles. The maximum atomic E-state index is 5.41. The van der Waals surface area contributed by atoms with Crippen molar-refractivity contribution in [3.05, 3.63) is 217 Å². The first-order valence-corrected chi connectivity index (χ1v) is 21.2. The predicted octanol–water partition coefficient (Wildman–Crippen LogP) is 15.1. The molecule has 292 valence electrons. The predicted molar refractivity (Wildman–Crippen MR) is 259 cm³/mol. The van der Waals surface area contributed by atoms with Crippen LogP contribution in [0.5, 0.6) is 0 Å². The van der Waals surface area contributed by atoms with Crippen molar-refractivity contribution in [2.75, 3.05) is 0 Å². The van der Waals surface area contributed by atoms with Gasteiger partial charge in [-0.05, 0) is 113 Å². The van der Waals surface area contributed by atoms with Crippen molar-refractivity contribution in [1.29, 1.82) is 0 Å². The summed E-state index contributed by atoms with van der Waals surface area (Å²) in [6.45, 7) is 4.41. The topological polar surface area (TPSA) is 35.6 Å². The zero-order valence-corrected chi connectivity index (χ0v) is 34.4. The zero-order valence-electron chi connectivity index (χ0n) is 34.4. The summed E-state index contributed by atoms with van der Waals surface area (Å²) in [5.41, 5.74) is 18.4. The first kappa shape index (κ1) is 35.8. The second-order valence-corrected chi connectivity index (χ2v) is 16.3. The van der Waals surface area contributed by atoms with Crippen LogP contribution < -0.4 is 0 Å². The Bertz CT molecular complexity index is 3690. The summed E-state index contributed by atoms with van der Waals surface area (Å²) >= 11 is 0. The first-order valence-electron chi connectivity index (χ1n) is 21.2. The van der Waals surface area contributed by atoms with E-state index in [-0.39, 0.29) is 0 Å². The molecule has 3 aromatic heterocycles. The fraction of sp³-hybridized carbons (Fsp3) is 0.0345. The Kier molecular flexibility index (Phi) is 8.26. The smallest absolute Gasteiger partial charge is 0.235 e. The minimum absolute atomic E-state index is 0.653. The summed E-state index contributed by atoms with van der Waals surface area (Å²) < 4.78 is 4.60. The maximum Gasteiger partial charge on any atom is 0.235 e. The molecule has 0 radical (unpaired) electrons. The second-order valence-electron chi connectivity index (χ2n) is 16.3. The summed E-state index contributed by atoms with van der Waals surface area (Å²) in [7, 11) is 0. The second kappa shape index (κ2) is 14.3. The average Bonchev–Trinajstić information content (AvgIpc) is 3.84. The Hall–Kier alpha value is -8.08. The highest BCUT2D eigenvalue weighted by atomic mass is 15.2. The first-order chi connectivity index (χ1) is 30.6. The summed E-state index contributed by atoms with van der Waals surface area (Å²) in [5, 5.41) is 5.83. The minimum atomic E-state index is 0.653. The van der Waals surface area contributed by atoms with Gasteiger partial charge in [-0.2, -0.15) is 0 Å². The van der Waals surface area contributed by atoms with E-state index in [0.717, 1.165) is 49.7 Å². The molecule has 0 bridgehead atoms. The lowest BCUT2D eigenvalue weighted by molar-refractivity contribution is 1.01. The third-order valence-electron chi connectivity index (χ3n) is 12.6. The molecule has 0 saturated carbocycles. The van der Waals surface area contributed by atoms with E-state index < -0.39 is 0 Å². The zero-order chi connectivity index (χ0) is 41.3. The molecule has 0 saturated heterocycles. The highest BCUT2D eigenvalue weighted by Crippen LogP contribution is 2.39. The van der Waals surface area contributed by atoms with Crippen molar-refractivity contribution in [1.82, 2.24) is 19.1 Å². The highest BCUT2D eigenvalue weighted by molar-refractivity contribution is 6.12. The van der Waals surface area contributed by atoms with Gasteiger partial charge >= 0.3 is 0 Å². The standard InChI is InChI=1S/C58H40N4/c1-37-34-49(38(2)33-48(37)39-15-5-3-6-16-39)40-25-27-41(28-26-40)57-47-21-9-12-22-52(47)59-58(60-57)62-54-24-14-11-20-46(54)51-36-43(30-32-56(51)62)42-29-31-55-50(35-42)45-19-10-13-23-53(45)61(55)44-17-7-4-8-18-44/h3-36H,1-2H3. The Morgan fingerprint density at radius 1 is 0.323 bits per heavy atom. The molecule has 0 amide bonds. The van der Waals surface area contributed by atoms with Crippen LogP contribution in [0.25, 0.3) is 111 Å². The number of para-hydroxylation sites is 4. The van der Waals surface area contributed by atoms with Crippen molar-refractivity contribution < 1.29 is 0 Å². The lowest BCUT2D eigenvalue weighted by Gasteiger charge is -2.14. The van der Waals surface area contributed by atoms with E-state index in [2.05, 4.69) is 229 Å². The van der Waals surface area contributed by atoms with Crippen LogP contribution in [0.4, 0.5) is 0 Å². The number of aryl methyl sites for hydroxylation is 2. The average molecular weight is 793 g/mol. The molecule has 0 unspecified atom stereocenters. The molecule has 0 spiro atoms. The van der Waals surface area contributed by atoms with Crippen molar-refractivity contribution in [3.63, 3.8) is 0 Å². The number of rotatable bonds is 6. The van der Waals surface area contributed by atoms with Gasteiger partial charge < -0.3 is 4.57 Å². The van der Waals surface area contributed by atoms with Crippen LogP contribution in [-0.4, -0.2) is 19.1 Å².